The van der Waals surface area contributed by atoms with Gasteiger partial charge < -0.3 is 5.11 Å². The molecule has 0 aliphatic carbocycles. The van der Waals surface area contributed by atoms with Crippen LogP contribution in [0.25, 0.3) is 0 Å². The lowest BCUT2D eigenvalue weighted by molar-refractivity contribution is -0.136. The summed E-state index contributed by atoms with van der Waals surface area (Å²) in [6.07, 6.45) is 7.12. The normalized spacial score (nSPS) is 12.6. The molecule has 0 spiro atoms. The molecule has 0 unspecified atom stereocenters. The molecule has 15 heavy (non-hydrogen) atoms. The molecule has 1 atom stereocenters. The molecule has 0 saturated carbocycles. The van der Waals surface area contributed by atoms with Crippen molar-refractivity contribution < 1.29 is 14.1 Å². The van der Waals surface area contributed by atoms with E-state index in [0.717, 1.165) is 12.8 Å². The van der Waals surface area contributed by atoms with Crippen molar-refractivity contribution in [3.63, 3.8) is 0 Å². The second-order valence-electron chi connectivity index (χ2n) is 3.76. The molecule has 0 radical (unpaired) electrons. The topological polar surface area (TPSA) is 54.4 Å². The van der Waals surface area contributed by atoms with Crippen molar-refractivity contribution in [2.45, 2.75) is 51.9 Å². The molecule has 90 valence electrons. The average Bonchev–Trinajstić information content (AvgIpc) is 2.20. The molecular weight excluding hydrogens is 212 g/mol. The molecule has 0 aliphatic rings. The molecule has 0 aliphatic heterocycles. The van der Waals surface area contributed by atoms with Crippen LogP contribution in [0.15, 0.2) is 0 Å². The molecule has 0 saturated heterocycles. The maximum absolute atomic E-state index is 11.3. The van der Waals surface area contributed by atoms with Crippen molar-refractivity contribution in [1.29, 1.82) is 0 Å². The molecular formula is C11H22O3S. The van der Waals surface area contributed by atoms with Crippen LogP contribution in [0.3, 0.4) is 0 Å². The molecule has 0 heterocycles. The SMILES string of the molecule is CCCCCCCC[S@@](=O)CCC(=O)O. The Morgan fingerprint density at radius 3 is 2.27 bits per heavy atom. The van der Waals surface area contributed by atoms with Gasteiger partial charge in [0.05, 0.1) is 6.42 Å². The summed E-state index contributed by atoms with van der Waals surface area (Å²) in [5.41, 5.74) is 0. The zero-order chi connectivity index (χ0) is 11.5. The highest BCUT2D eigenvalue weighted by molar-refractivity contribution is 7.84. The Bertz CT molecular complexity index is 192. The first-order valence-electron chi connectivity index (χ1n) is 5.73. The van der Waals surface area contributed by atoms with Gasteiger partial charge in [-0.3, -0.25) is 9.00 Å². The van der Waals surface area contributed by atoms with Gasteiger partial charge in [-0.15, -0.1) is 0 Å². The summed E-state index contributed by atoms with van der Waals surface area (Å²) in [4.78, 5) is 10.2. The third-order valence-electron chi connectivity index (χ3n) is 2.27. The maximum atomic E-state index is 11.3. The molecule has 3 nitrogen and oxygen atoms in total. The fourth-order valence-corrected chi connectivity index (χ4v) is 2.48. The average molecular weight is 234 g/mol. The number of carboxylic acids is 1. The van der Waals surface area contributed by atoms with E-state index >= 15 is 0 Å². The van der Waals surface area contributed by atoms with Crippen molar-refractivity contribution >= 4 is 16.8 Å². The first-order valence-corrected chi connectivity index (χ1v) is 7.22. The van der Waals surface area contributed by atoms with Gasteiger partial charge in [0.1, 0.15) is 0 Å². The van der Waals surface area contributed by atoms with E-state index in [9.17, 15) is 9.00 Å². The predicted octanol–water partition coefficient (Wildman–Crippen LogP) is 2.57. The van der Waals surface area contributed by atoms with E-state index in [0.29, 0.717) is 11.5 Å². The van der Waals surface area contributed by atoms with Crippen molar-refractivity contribution in [3.05, 3.63) is 0 Å². The molecule has 0 amide bonds. The van der Waals surface area contributed by atoms with Crippen LogP contribution >= 0.6 is 0 Å². The number of carbonyl (C=O) groups is 1. The smallest absolute Gasteiger partial charge is 0.304 e. The third kappa shape index (κ3) is 11.5. The van der Waals surface area contributed by atoms with Gasteiger partial charge in [-0.25, -0.2) is 0 Å². The van der Waals surface area contributed by atoms with Gasteiger partial charge in [0, 0.05) is 22.3 Å². The zero-order valence-corrected chi connectivity index (χ0v) is 10.4. The Morgan fingerprint density at radius 2 is 1.67 bits per heavy atom. The summed E-state index contributed by atoms with van der Waals surface area (Å²) < 4.78 is 11.3. The molecule has 0 bridgehead atoms. The van der Waals surface area contributed by atoms with E-state index in [2.05, 4.69) is 6.92 Å². The Kier molecular flexibility index (Phi) is 9.89. The minimum absolute atomic E-state index is 0.0302. The molecule has 0 aromatic rings. The minimum Gasteiger partial charge on any atom is -0.481 e. The molecule has 0 aromatic heterocycles. The standard InChI is InChI=1S/C11H22O3S/c1-2-3-4-5-6-7-9-15(14)10-8-11(12)13/h2-10H2,1H3,(H,12,13)/t15-/m1/s1. The van der Waals surface area contributed by atoms with Crippen LogP contribution in [0.1, 0.15) is 51.9 Å². The fourth-order valence-electron chi connectivity index (χ4n) is 1.35. The highest BCUT2D eigenvalue weighted by Gasteiger charge is 2.03. The summed E-state index contributed by atoms with van der Waals surface area (Å²) in [5.74, 6) is 0.121. The Hall–Kier alpha value is -0.380. The Morgan fingerprint density at radius 1 is 1.07 bits per heavy atom. The summed E-state index contributed by atoms with van der Waals surface area (Å²) in [5, 5.41) is 8.40. The van der Waals surface area contributed by atoms with Crippen LogP contribution in [0, 0.1) is 0 Å². The van der Waals surface area contributed by atoms with E-state index in [1.54, 1.807) is 0 Å². The van der Waals surface area contributed by atoms with Crippen LogP contribution in [0.2, 0.25) is 0 Å². The van der Waals surface area contributed by atoms with Gasteiger partial charge in [0.2, 0.25) is 0 Å². The number of hydrogen-bond acceptors (Lipinski definition) is 2. The van der Waals surface area contributed by atoms with Crippen molar-refractivity contribution in [1.82, 2.24) is 0 Å². The van der Waals surface area contributed by atoms with Crippen molar-refractivity contribution in [2.24, 2.45) is 0 Å². The summed E-state index contributed by atoms with van der Waals surface area (Å²) in [7, 11) is -0.929. The third-order valence-corrected chi connectivity index (χ3v) is 3.67. The van der Waals surface area contributed by atoms with E-state index in [1.165, 1.54) is 25.7 Å². The van der Waals surface area contributed by atoms with Gasteiger partial charge in [-0.1, -0.05) is 39.0 Å². The van der Waals surface area contributed by atoms with Crippen molar-refractivity contribution in [3.8, 4) is 0 Å². The lowest BCUT2D eigenvalue weighted by Crippen LogP contribution is -2.07. The summed E-state index contributed by atoms with van der Waals surface area (Å²) >= 11 is 0. The summed E-state index contributed by atoms with van der Waals surface area (Å²) in [6.45, 7) is 2.18. The molecule has 4 heteroatoms. The van der Waals surface area contributed by atoms with E-state index < -0.39 is 16.8 Å². The van der Waals surface area contributed by atoms with Crippen molar-refractivity contribution in [2.75, 3.05) is 11.5 Å². The Balaban J connectivity index is 3.20. The van der Waals surface area contributed by atoms with Gasteiger partial charge in [-0.05, 0) is 6.42 Å². The van der Waals surface area contributed by atoms with E-state index in [1.807, 2.05) is 0 Å². The molecule has 1 N–H and O–H groups in total. The number of aliphatic carboxylic acids is 1. The molecule has 0 rings (SSSR count). The van der Waals surface area contributed by atoms with Gasteiger partial charge in [0.15, 0.2) is 0 Å². The number of unbranched alkanes of at least 4 members (excludes halogenated alkanes) is 5. The number of carboxylic acid groups (broad SMARTS) is 1. The second kappa shape index (κ2) is 10.1. The van der Waals surface area contributed by atoms with Crippen LogP contribution < -0.4 is 0 Å². The van der Waals surface area contributed by atoms with Gasteiger partial charge >= 0.3 is 5.97 Å². The first kappa shape index (κ1) is 14.6. The monoisotopic (exact) mass is 234 g/mol. The molecule has 0 fully saturated rings. The number of rotatable bonds is 10. The quantitative estimate of drug-likeness (QED) is 0.591. The largest absolute Gasteiger partial charge is 0.481 e. The first-order chi connectivity index (χ1) is 7.16. The van der Waals surface area contributed by atoms with Gasteiger partial charge in [-0.2, -0.15) is 0 Å². The maximum Gasteiger partial charge on any atom is 0.304 e. The predicted molar refractivity (Wildman–Crippen MR) is 63.5 cm³/mol. The second-order valence-corrected chi connectivity index (χ2v) is 5.46. The highest BCUT2D eigenvalue weighted by atomic mass is 32.2. The lowest BCUT2D eigenvalue weighted by atomic mass is 10.1. The molecule has 0 aromatic carbocycles. The Labute approximate surface area is 94.7 Å². The lowest BCUT2D eigenvalue weighted by Gasteiger charge is -2.01. The van der Waals surface area contributed by atoms with E-state index in [4.69, 9.17) is 5.11 Å². The van der Waals surface area contributed by atoms with E-state index in [-0.39, 0.29) is 6.42 Å². The van der Waals surface area contributed by atoms with Gasteiger partial charge in [0.25, 0.3) is 0 Å². The van der Waals surface area contributed by atoms with Crippen LogP contribution in [0.4, 0.5) is 0 Å². The summed E-state index contributed by atoms with van der Waals surface area (Å²) in [6, 6.07) is 0. The fraction of sp³-hybridized carbons (Fsp3) is 0.909. The zero-order valence-electron chi connectivity index (χ0n) is 9.54. The highest BCUT2D eigenvalue weighted by Crippen LogP contribution is 2.05. The van der Waals surface area contributed by atoms with Crippen LogP contribution in [-0.2, 0) is 15.6 Å². The van der Waals surface area contributed by atoms with Crippen LogP contribution in [-0.4, -0.2) is 26.8 Å². The van der Waals surface area contributed by atoms with Crippen LogP contribution in [0.5, 0.6) is 0 Å². The number of hydrogen-bond donors (Lipinski definition) is 1. The minimum atomic E-state index is -0.929.